The fourth-order valence-electron chi connectivity index (χ4n) is 2.53. The van der Waals surface area contributed by atoms with Crippen LogP contribution in [0.15, 0.2) is 55.1 Å². The summed E-state index contributed by atoms with van der Waals surface area (Å²) in [6, 6.07) is 10.7. The highest BCUT2D eigenvalue weighted by Crippen LogP contribution is 2.19. The summed E-state index contributed by atoms with van der Waals surface area (Å²) in [5.41, 5.74) is 3.13. The zero-order chi connectivity index (χ0) is 18.5. The molecule has 0 radical (unpaired) electrons. The minimum atomic E-state index is -0.374. The maximum atomic E-state index is 14.2. The van der Waals surface area contributed by atoms with Crippen molar-refractivity contribution >= 4 is 5.91 Å². The molecule has 0 saturated heterocycles. The molecule has 6 heteroatoms. The highest BCUT2D eigenvalue weighted by Gasteiger charge is 2.08. The van der Waals surface area contributed by atoms with Gasteiger partial charge in [0.05, 0.1) is 12.0 Å². The SMILES string of the molecule is Cc1ccc(C)c(OCC(=O)NCc2ccc(-n3ccnc3)c(F)c2)c1. The van der Waals surface area contributed by atoms with Gasteiger partial charge in [0, 0.05) is 18.9 Å². The number of nitrogens with one attached hydrogen (secondary N) is 1. The summed E-state index contributed by atoms with van der Waals surface area (Å²) >= 11 is 0. The van der Waals surface area contributed by atoms with E-state index in [2.05, 4.69) is 10.3 Å². The van der Waals surface area contributed by atoms with Crippen LogP contribution >= 0.6 is 0 Å². The summed E-state index contributed by atoms with van der Waals surface area (Å²) in [5.74, 6) is 0.0577. The van der Waals surface area contributed by atoms with Crippen LogP contribution in [0.1, 0.15) is 16.7 Å². The maximum Gasteiger partial charge on any atom is 0.258 e. The molecule has 0 aliphatic carbocycles. The van der Waals surface area contributed by atoms with Crippen molar-refractivity contribution in [1.82, 2.24) is 14.9 Å². The van der Waals surface area contributed by atoms with Gasteiger partial charge in [0.25, 0.3) is 5.91 Å². The molecule has 0 saturated carbocycles. The van der Waals surface area contributed by atoms with E-state index in [0.29, 0.717) is 17.0 Å². The molecule has 134 valence electrons. The Kier molecular flexibility index (Phi) is 5.31. The lowest BCUT2D eigenvalue weighted by Gasteiger charge is -2.11. The van der Waals surface area contributed by atoms with E-state index < -0.39 is 0 Å². The molecule has 1 amide bonds. The van der Waals surface area contributed by atoms with E-state index in [0.717, 1.165) is 11.1 Å². The van der Waals surface area contributed by atoms with Gasteiger partial charge in [-0.25, -0.2) is 9.37 Å². The standard InChI is InChI=1S/C20H20FN3O2/c1-14-3-4-15(2)19(9-14)26-12-20(25)23-11-16-5-6-18(17(21)10-16)24-8-7-22-13-24/h3-10,13H,11-12H2,1-2H3,(H,23,25). The van der Waals surface area contributed by atoms with Crippen LogP contribution in [0.2, 0.25) is 0 Å². The second kappa shape index (κ2) is 7.82. The predicted octanol–water partition coefficient (Wildman–Crippen LogP) is 3.32. The van der Waals surface area contributed by atoms with E-state index in [-0.39, 0.29) is 24.9 Å². The lowest BCUT2D eigenvalue weighted by molar-refractivity contribution is -0.123. The van der Waals surface area contributed by atoms with Gasteiger partial charge >= 0.3 is 0 Å². The smallest absolute Gasteiger partial charge is 0.258 e. The molecule has 1 aromatic heterocycles. The van der Waals surface area contributed by atoms with Gasteiger partial charge in [0.15, 0.2) is 6.61 Å². The monoisotopic (exact) mass is 353 g/mol. The number of ether oxygens (including phenoxy) is 1. The summed E-state index contributed by atoms with van der Waals surface area (Å²) in [7, 11) is 0. The summed E-state index contributed by atoms with van der Waals surface area (Å²) in [5, 5.41) is 2.73. The largest absolute Gasteiger partial charge is 0.483 e. The highest BCUT2D eigenvalue weighted by molar-refractivity contribution is 5.77. The fraction of sp³-hybridized carbons (Fsp3) is 0.200. The average molecular weight is 353 g/mol. The van der Waals surface area contributed by atoms with E-state index in [9.17, 15) is 9.18 Å². The average Bonchev–Trinajstić information content (AvgIpc) is 3.15. The molecule has 3 rings (SSSR count). The second-order valence-corrected chi connectivity index (χ2v) is 6.09. The number of rotatable bonds is 6. The van der Waals surface area contributed by atoms with Crippen LogP contribution in [0, 0.1) is 19.7 Å². The Morgan fingerprint density at radius 3 is 2.81 bits per heavy atom. The van der Waals surface area contributed by atoms with Gasteiger partial charge in [-0.05, 0) is 48.7 Å². The fourth-order valence-corrected chi connectivity index (χ4v) is 2.53. The molecule has 1 heterocycles. The maximum absolute atomic E-state index is 14.2. The highest BCUT2D eigenvalue weighted by atomic mass is 19.1. The van der Waals surface area contributed by atoms with Crippen molar-refractivity contribution in [2.75, 3.05) is 6.61 Å². The van der Waals surface area contributed by atoms with Crippen molar-refractivity contribution in [3.63, 3.8) is 0 Å². The van der Waals surface area contributed by atoms with Crippen LogP contribution in [0.4, 0.5) is 4.39 Å². The lowest BCUT2D eigenvalue weighted by Crippen LogP contribution is -2.28. The van der Waals surface area contributed by atoms with E-state index in [1.165, 1.54) is 12.4 Å². The van der Waals surface area contributed by atoms with Gasteiger partial charge in [-0.3, -0.25) is 4.79 Å². The van der Waals surface area contributed by atoms with E-state index >= 15 is 0 Å². The predicted molar refractivity (Wildman–Crippen MR) is 96.8 cm³/mol. The van der Waals surface area contributed by atoms with Crippen LogP contribution in [0.25, 0.3) is 5.69 Å². The Morgan fingerprint density at radius 2 is 2.08 bits per heavy atom. The molecule has 2 aromatic carbocycles. The summed E-state index contributed by atoms with van der Waals surface area (Å²) in [6.45, 7) is 4.04. The Bertz CT molecular complexity index is 907. The number of amides is 1. The number of carbonyl (C=O) groups excluding carboxylic acids is 1. The number of halogens is 1. The Morgan fingerprint density at radius 1 is 1.23 bits per heavy atom. The summed E-state index contributed by atoms with van der Waals surface area (Å²) < 4.78 is 21.4. The molecule has 3 aromatic rings. The first-order valence-corrected chi connectivity index (χ1v) is 8.26. The van der Waals surface area contributed by atoms with Gasteiger partial charge in [-0.15, -0.1) is 0 Å². The molecular weight excluding hydrogens is 333 g/mol. The van der Waals surface area contributed by atoms with Gasteiger partial charge in [-0.2, -0.15) is 0 Å². The van der Waals surface area contributed by atoms with Crippen molar-refractivity contribution in [2.45, 2.75) is 20.4 Å². The Hall–Kier alpha value is -3.15. The number of benzene rings is 2. The number of carbonyl (C=O) groups is 1. The van der Waals surface area contributed by atoms with Crippen LogP contribution in [0.5, 0.6) is 5.75 Å². The zero-order valence-corrected chi connectivity index (χ0v) is 14.7. The van der Waals surface area contributed by atoms with Crippen LogP contribution in [-0.4, -0.2) is 22.1 Å². The molecule has 0 spiro atoms. The molecule has 0 fully saturated rings. The van der Waals surface area contributed by atoms with Crippen molar-refractivity contribution in [3.8, 4) is 11.4 Å². The van der Waals surface area contributed by atoms with Crippen LogP contribution < -0.4 is 10.1 Å². The third-order valence-corrected chi connectivity index (χ3v) is 3.99. The minimum Gasteiger partial charge on any atom is -0.483 e. The third-order valence-electron chi connectivity index (χ3n) is 3.99. The number of aryl methyl sites for hydroxylation is 2. The zero-order valence-electron chi connectivity index (χ0n) is 14.7. The topological polar surface area (TPSA) is 56.1 Å². The van der Waals surface area contributed by atoms with Crippen molar-refractivity contribution in [1.29, 1.82) is 0 Å². The normalized spacial score (nSPS) is 10.6. The van der Waals surface area contributed by atoms with Crippen LogP contribution in [-0.2, 0) is 11.3 Å². The van der Waals surface area contributed by atoms with Crippen molar-refractivity contribution in [2.24, 2.45) is 0 Å². The molecule has 1 N–H and O–H groups in total. The first kappa shape index (κ1) is 17.7. The summed E-state index contributed by atoms with van der Waals surface area (Å²) in [6.07, 6.45) is 4.79. The number of hydrogen-bond acceptors (Lipinski definition) is 3. The van der Waals surface area contributed by atoms with Crippen molar-refractivity contribution < 1.29 is 13.9 Å². The Balaban J connectivity index is 1.54. The summed E-state index contributed by atoms with van der Waals surface area (Å²) in [4.78, 5) is 15.9. The quantitative estimate of drug-likeness (QED) is 0.740. The molecule has 26 heavy (non-hydrogen) atoms. The van der Waals surface area contributed by atoms with Gasteiger partial charge in [-0.1, -0.05) is 18.2 Å². The van der Waals surface area contributed by atoms with Crippen molar-refractivity contribution in [3.05, 3.63) is 77.6 Å². The van der Waals surface area contributed by atoms with Gasteiger partial charge in [0.1, 0.15) is 11.6 Å². The van der Waals surface area contributed by atoms with E-state index in [4.69, 9.17) is 4.74 Å². The van der Waals surface area contributed by atoms with Crippen LogP contribution in [0.3, 0.4) is 0 Å². The number of nitrogens with zero attached hydrogens (tertiary/aromatic N) is 2. The first-order valence-electron chi connectivity index (χ1n) is 8.26. The number of hydrogen-bond donors (Lipinski definition) is 1. The number of imidazole rings is 1. The molecule has 0 atom stereocenters. The lowest BCUT2D eigenvalue weighted by atomic mass is 10.1. The molecule has 0 aliphatic rings. The molecule has 5 nitrogen and oxygen atoms in total. The van der Waals surface area contributed by atoms with E-state index in [1.807, 2.05) is 32.0 Å². The molecule has 0 bridgehead atoms. The minimum absolute atomic E-state index is 0.0834. The van der Waals surface area contributed by atoms with Gasteiger partial charge < -0.3 is 14.6 Å². The first-order chi connectivity index (χ1) is 12.5. The molecule has 0 aliphatic heterocycles. The Labute approximate surface area is 151 Å². The molecule has 0 unspecified atom stereocenters. The second-order valence-electron chi connectivity index (χ2n) is 6.09. The third kappa shape index (κ3) is 4.27. The molecular formula is C20H20FN3O2. The number of aromatic nitrogens is 2. The van der Waals surface area contributed by atoms with Gasteiger partial charge in [0.2, 0.25) is 0 Å². The van der Waals surface area contributed by atoms with E-state index in [1.54, 1.807) is 29.1 Å².